The fourth-order valence-electron chi connectivity index (χ4n) is 1.12. The summed E-state index contributed by atoms with van der Waals surface area (Å²) in [4.78, 5) is 10.6. The monoisotopic (exact) mass is 236 g/mol. The van der Waals surface area contributed by atoms with Crippen LogP contribution in [0.5, 0.6) is 0 Å². The smallest absolute Gasteiger partial charge is 0.186 e. The molecule has 0 aliphatic rings. The predicted molar refractivity (Wildman–Crippen MR) is 68.4 cm³/mol. The molecule has 86 valence electrons. The van der Waals surface area contributed by atoms with E-state index in [0.29, 0.717) is 13.2 Å². The third kappa shape index (κ3) is 6.43. The normalized spacial score (nSPS) is 10.8. The van der Waals surface area contributed by atoms with E-state index < -0.39 is 0 Å². The van der Waals surface area contributed by atoms with Crippen LogP contribution in [0.4, 0.5) is 0 Å². The van der Waals surface area contributed by atoms with E-state index in [4.69, 9.17) is 4.74 Å². The minimum Gasteiger partial charge on any atom is -0.373 e. The van der Waals surface area contributed by atoms with E-state index in [1.165, 1.54) is 17.3 Å². The van der Waals surface area contributed by atoms with Crippen LogP contribution in [0.15, 0.2) is 42.5 Å². The third-order valence-electron chi connectivity index (χ3n) is 1.88. The highest BCUT2D eigenvalue weighted by molar-refractivity contribution is 8.13. The molecule has 2 nitrogen and oxygen atoms in total. The van der Waals surface area contributed by atoms with Gasteiger partial charge in [-0.2, -0.15) is 0 Å². The van der Waals surface area contributed by atoms with Crippen molar-refractivity contribution in [2.45, 2.75) is 13.5 Å². The van der Waals surface area contributed by atoms with Crippen molar-refractivity contribution in [1.82, 2.24) is 0 Å². The average Bonchev–Trinajstić information content (AvgIpc) is 2.29. The molecule has 0 aliphatic heterocycles. The molecule has 1 rings (SSSR count). The Hall–Kier alpha value is -1.06. The molecule has 0 radical (unpaired) electrons. The summed E-state index contributed by atoms with van der Waals surface area (Å²) in [6.45, 7) is 2.79. The molecule has 0 N–H and O–H groups in total. The number of thioether (sulfide) groups is 1. The van der Waals surface area contributed by atoms with Crippen molar-refractivity contribution in [2.75, 3.05) is 12.4 Å². The molecule has 1 aromatic rings. The van der Waals surface area contributed by atoms with Gasteiger partial charge >= 0.3 is 0 Å². The molecule has 0 bridgehead atoms. The van der Waals surface area contributed by atoms with Gasteiger partial charge in [-0.15, -0.1) is 0 Å². The molecule has 0 unspecified atom stereocenters. The predicted octanol–water partition coefficient (Wildman–Crippen LogP) is 3.04. The maximum Gasteiger partial charge on any atom is 0.186 e. The van der Waals surface area contributed by atoms with E-state index in [1.54, 1.807) is 6.92 Å². The van der Waals surface area contributed by atoms with Crippen LogP contribution in [0.25, 0.3) is 0 Å². The van der Waals surface area contributed by atoms with Gasteiger partial charge in [-0.05, 0) is 5.56 Å². The number of rotatable bonds is 6. The number of carbonyl (C=O) groups excluding carboxylic acids is 1. The Morgan fingerprint density at radius 1 is 1.31 bits per heavy atom. The first-order chi connectivity index (χ1) is 7.79. The summed E-state index contributed by atoms with van der Waals surface area (Å²) in [5.41, 5.74) is 1.18. The second-order valence-electron chi connectivity index (χ2n) is 3.27. The molecule has 0 aliphatic carbocycles. The fraction of sp³-hybridized carbons (Fsp3) is 0.308. The maximum absolute atomic E-state index is 10.6. The summed E-state index contributed by atoms with van der Waals surface area (Å²) in [6.07, 6.45) is 3.90. The van der Waals surface area contributed by atoms with Gasteiger partial charge < -0.3 is 4.74 Å². The van der Waals surface area contributed by atoms with E-state index in [-0.39, 0.29) is 5.12 Å². The van der Waals surface area contributed by atoms with Crippen molar-refractivity contribution in [1.29, 1.82) is 0 Å². The summed E-state index contributed by atoms with van der Waals surface area (Å²) in [5, 5.41) is 0.148. The molecule has 3 heteroatoms. The molecular weight excluding hydrogens is 220 g/mol. The number of carbonyl (C=O) groups is 1. The van der Waals surface area contributed by atoms with Crippen LogP contribution in [-0.2, 0) is 16.1 Å². The second-order valence-corrected chi connectivity index (χ2v) is 4.47. The van der Waals surface area contributed by atoms with Gasteiger partial charge in [0.15, 0.2) is 5.12 Å². The number of benzene rings is 1. The fourth-order valence-corrected chi connectivity index (χ4v) is 1.59. The molecule has 0 amide bonds. The van der Waals surface area contributed by atoms with Gasteiger partial charge in [-0.25, -0.2) is 0 Å². The molecule has 0 spiro atoms. The van der Waals surface area contributed by atoms with Crippen molar-refractivity contribution >= 4 is 16.9 Å². The molecule has 0 atom stereocenters. The number of hydrogen-bond acceptors (Lipinski definition) is 3. The first-order valence-electron chi connectivity index (χ1n) is 5.19. The van der Waals surface area contributed by atoms with Crippen LogP contribution in [0, 0.1) is 0 Å². The van der Waals surface area contributed by atoms with E-state index in [0.717, 1.165) is 5.75 Å². The van der Waals surface area contributed by atoms with E-state index >= 15 is 0 Å². The topological polar surface area (TPSA) is 26.3 Å². The molecule has 0 aromatic heterocycles. The quantitative estimate of drug-likeness (QED) is 0.561. The van der Waals surface area contributed by atoms with Gasteiger partial charge in [0.2, 0.25) is 0 Å². The third-order valence-corrected chi connectivity index (χ3v) is 2.64. The van der Waals surface area contributed by atoms with Crippen LogP contribution < -0.4 is 0 Å². The lowest BCUT2D eigenvalue weighted by atomic mass is 10.2. The van der Waals surface area contributed by atoms with Crippen LogP contribution >= 0.6 is 11.8 Å². The zero-order valence-electron chi connectivity index (χ0n) is 9.39. The Balaban J connectivity index is 2.06. The Morgan fingerprint density at radius 3 is 2.75 bits per heavy atom. The zero-order chi connectivity index (χ0) is 11.6. The van der Waals surface area contributed by atoms with Crippen molar-refractivity contribution in [3.63, 3.8) is 0 Å². The van der Waals surface area contributed by atoms with Crippen molar-refractivity contribution < 1.29 is 9.53 Å². The first-order valence-corrected chi connectivity index (χ1v) is 6.17. The number of hydrogen-bond donors (Lipinski definition) is 0. The van der Waals surface area contributed by atoms with Gasteiger partial charge in [-0.1, -0.05) is 54.2 Å². The summed E-state index contributed by atoms with van der Waals surface area (Å²) >= 11 is 1.30. The van der Waals surface area contributed by atoms with Gasteiger partial charge in [0.25, 0.3) is 0 Å². The van der Waals surface area contributed by atoms with Crippen molar-refractivity contribution in [2.24, 2.45) is 0 Å². The van der Waals surface area contributed by atoms with Gasteiger partial charge in [-0.3, -0.25) is 4.79 Å². The van der Waals surface area contributed by atoms with Crippen LogP contribution in [0.2, 0.25) is 0 Å². The largest absolute Gasteiger partial charge is 0.373 e. The second kappa shape index (κ2) is 8.13. The van der Waals surface area contributed by atoms with E-state index in [2.05, 4.69) is 0 Å². The van der Waals surface area contributed by atoms with Crippen LogP contribution in [-0.4, -0.2) is 17.5 Å². The molecule has 0 fully saturated rings. The molecular formula is C13H16O2S. The Morgan fingerprint density at radius 2 is 2.06 bits per heavy atom. The maximum atomic E-state index is 10.6. The zero-order valence-corrected chi connectivity index (χ0v) is 10.2. The van der Waals surface area contributed by atoms with Gasteiger partial charge in [0, 0.05) is 12.7 Å². The summed E-state index contributed by atoms with van der Waals surface area (Å²) in [5.74, 6) is 0.726. The molecule has 0 saturated carbocycles. The standard InChI is InChI=1S/C13H16O2S/c1-12(14)16-10-6-5-9-15-11-13-7-3-2-4-8-13/h2-8H,9-11H2,1H3/b6-5+. The number of ether oxygens (including phenoxy) is 1. The Kier molecular flexibility index (Phi) is 6.61. The van der Waals surface area contributed by atoms with Crippen LogP contribution in [0.3, 0.4) is 0 Å². The van der Waals surface area contributed by atoms with E-state index in [1.807, 2.05) is 42.5 Å². The lowest BCUT2D eigenvalue weighted by Crippen LogP contribution is -1.92. The highest BCUT2D eigenvalue weighted by Crippen LogP contribution is 2.02. The molecule has 0 heterocycles. The molecule has 16 heavy (non-hydrogen) atoms. The average molecular weight is 236 g/mol. The Bertz CT molecular complexity index is 333. The van der Waals surface area contributed by atoms with Gasteiger partial charge in [0.1, 0.15) is 0 Å². The van der Waals surface area contributed by atoms with Gasteiger partial charge in [0.05, 0.1) is 13.2 Å². The summed E-state index contributed by atoms with van der Waals surface area (Å²) in [7, 11) is 0. The molecule has 1 aromatic carbocycles. The summed E-state index contributed by atoms with van der Waals surface area (Å²) < 4.78 is 5.45. The minimum absolute atomic E-state index is 0.148. The van der Waals surface area contributed by atoms with E-state index in [9.17, 15) is 4.79 Å². The lowest BCUT2D eigenvalue weighted by molar-refractivity contribution is -0.109. The highest BCUT2D eigenvalue weighted by atomic mass is 32.2. The van der Waals surface area contributed by atoms with Crippen molar-refractivity contribution in [3.8, 4) is 0 Å². The van der Waals surface area contributed by atoms with Crippen molar-refractivity contribution in [3.05, 3.63) is 48.0 Å². The van der Waals surface area contributed by atoms with Crippen LogP contribution in [0.1, 0.15) is 12.5 Å². The lowest BCUT2D eigenvalue weighted by Gasteiger charge is -2.00. The highest BCUT2D eigenvalue weighted by Gasteiger charge is 1.90. The Labute approximate surface area is 101 Å². The molecule has 0 saturated heterocycles. The SMILES string of the molecule is CC(=O)SC/C=C/COCc1ccccc1. The minimum atomic E-state index is 0.148. The first kappa shape index (κ1) is 13.0. The summed E-state index contributed by atoms with van der Waals surface area (Å²) in [6, 6.07) is 10.1.